The molecule has 0 fully saturated rings. The van der Waals surface area contributed by atoms with Crippen LogP contribution in [0.15, 0.2) is 60.9 Å². The number of pyridine rings is 1. The van der Waals surface area contributed by atoms with Gasteiger partial charge >= 0.3 is 6.09 Å². The van der Waals surface area contributed by atoms with Crippen molar-refractivity contribution >= 4 is 22.9 Å². The smallest absolute Gasteiger partial charge is 0.419 e. The van der Waals surface area contributed by atoms with Crippen LogP contribution in [0, 0.1) is 0 Å². The van der Waals surface area contributed by atoms with Gasteiger partial charge in [-0.05, 0) is 68.3 Å². The average molecular weight is 485 g/mol. The van der Waals surface area contributed by atoms with E-state index in [0.29, 0.717) is 41.0 Å². The molecule has 8 nitrogen and oxygen atoms in total. The van der Waals surface area contributed by atoms with Crippen molar-refractivity contribution in [2.75, 3.05) is 0 Å². The van der Waals surface area contributed by atoms with Gasteiger partial charge in [-0.25, -0.2) is 9.36 Å². The lowest BCUT2D eigenvalue weighted by Gasteiger charge is -2.21. The highest BCUT2D eigenvalue weighted by Gasteiger charge is 2.30. The molecule has 2 aromatic heterocycles. The van der Waals surface area contributed by atoms with Gasteiger partial charge < -0.3 is 20.5 Å². The summed E-state index contributed by atoms with van der Waals surface area (Å²) in [7, 11) is 0. The lowest BCUT2D eigenvalue weighted by molar-refractivity contribution is 0.0547. The molecule has 0 spiro atoms. The Balaban J connectivity index is 1.56. The van der Waals surface area contributed by atoms with Crippen LogP contribution in [0.1, 0.15) is 47.8 Å². The Labute approximate surface area is 208 Å². The van der Waals surface area contributed by atoms with E-state index in [9.17, 15) is 14.7 Å². The largest absolute Gasteiger partial charge is 0.508 e. The van der Waals surface area contributed by atoms with E-state index in [-0.39, 0.29) is 18.2 Å². The van der Waals surface area contributed by atoms with E-state index in [1.54, 1.807) is 18.3 Å². The molecular weight excluding hydrogens is 456 g/mol. The Hall–Kier alpha value is -4.17. The number of fused-ring (bicyclic) bond motifs is 2. The van der Waals surface area contributed by atoms with Gasteiger partial charge in [0.2, 0.25) is 0 Å². The van der Waals surface area contributed by atoms with Crippen molar-refractivity contribution in [3.8, 4) is 17.0 Å². The highest BCUT2D eigenvalue weighted by molar-refractivity contribution is 6.07. The minimum absolute atomic E-state index is 0.0500. The van der Waals surface area contributed by atoms with Crippen molar-refractivity contribution in [3.05, 3.63) is 83.2 Å². The van der Waals surface area contributed by atoms with Gasteiger partial charge in [0.15, 0.2) is 0 Å². The zero-order valence-electron chi connectivity index (χ0n) is 20.5. The summed E-state index contributed by atoms with van der Waals surface area (Å²) in [6.45, 7) is 7.00. The predicted octanol–water partition coefficient (Wildman–Crippen LogP) is 4.73. The van der Waals surface area contributed by atoms with Crippen LogP contribution in [-0.2, 0) is 24.4 Å². The Morgan fingerprint density at radius 3 is 2.69 bits per heavy atom. The van der Waals surface area contributed by atoms with Crippen LogP contribution in [0.4, 0.5) is 4.79 Å². The Morgan fingerprint density at radius 1 is 1.14 bits per heavy atom. The number of aromatic nitrogens is 2. The highest BCUT2D eigenvalue weighted by atomic mass is 16.6. The maximum absolute atomic E-state index is 13.4. The molecule has 184 valence electrons. The van der Waals surface area contributed by atoms with Crippen molar-refractivity contribution in [2.24, 2.45) is 0 Å². The van der Waals surface area contributed by atoms with Gasteiger partial charge in [0.05, 0.1) is 16.8 Å². The van der Waals surface area contributed by atoms with Gasteiger partial charge in [-0.1, -0.05) is 12.1 Å². The van der Waals surface area contributed by atoms with Crippen LogP contribution in [0.2, 0.25) is 0 Å². The fourth-order valence-corrected chi connectivity index (χ4v) is 4.48. The van der Waals surface area contributed by atoms with Crippen molar-refractivity contribution in [2.45, 2.75) is 46.0 Å². The Bertz CT molecular complexity index is 1470. The molecule has 1 amide bonds. The minimum Gasteiger partial charge on any atom is -0.508 e. The third kappa shape index (κ3) is 4.55. The summed E-state index contributed by atoms with van der Waals surface area (Å²) in [4.78, 5) is 30.2. The molecule has 0 aliphatic carbocycles. The van der Waals surface area contributed by atoms with Crippen LogP contribution in [0.25, 0.3) is 22.2 Å². The maximum Gasteiger partial charge on any atom is 0.419 e. The average Bonchev–Trinajstić information content (AvgIpc) is 3.40. The van der Waals surface area contributed by atoms with E-state index in [1.807, 2.05) is 63.4 Å². The fraction of sp³-hybridized carbons (Fsp3) is 0.250. The number of nitrogens with zero attached hydrogens (tertiary/aromatic N) is 2. The zero-order chi connectivity index (χ0) is 25.4. The molecule has 8 heteroatoms. The number of nitrogens with one attached hydrogen (secondary N) is 2. The van der Waals surface area contributed by atoms with Gasteiger partial charge in [-0.3, -0.25) is 9.78 Å². The molecule has 3 heterocycles. The number of carbonyl (C=O) groups is 2. The first-order valence-electron chi connectivity index (χ1n) is 11.8. The second kappa shape index (κ2) is 9.13. The molecule has 5 rings (SSSR count). The normalized spacial score (nSPS) is 13.0. The molecule has 36 heavy (non-hydrogen) atoms. The standard InChI is InChI=1S/C28H28N4O4/c1-28(2,3)36-27(35)32-22-8-6-17(13-30-15-18-5-4-10-29-14-18)11-19(22)12-23(32)20-7-9-24(33)21-16-31-26(34)25(20)21/h4-12,14,30,33H,13,15-16H2,1-3H3,(H,31,34). The Morgan fingerprint density at radius 2 is 1.94 bits per heavy atom. The van der Waals surface area contributed by atoms with Crippen molar-refractivity contribution in [1.29, 1.82) is 0 Å². The summed E-state index contributed by atoms with van der Waals surface area (Å²) in [5, 5.41) is 17.3. The molecular formula is C28H28N4O4. The molecule has 0 atom stereocenters. The number of amides is 1. The van der Waals surface area contributed by atoms with Crippen molar-refractivity contribution in [3.63, 3.8) is 0 Å². The summed E-state index contributed by atoms with van der Waals surface area (Å²) in [5.74, 6) is -0.230. The number of hydrogen-bond donors (Lipinski definition) is 3. The third-order valence-corrected chi connectivity index (χ3v) is 6.04. The van der Waals surface area contributed by atoms with Crippen LogP contribution in [0.5, 0.6) is 5.75 Å². The molecule has 2 aromatic carbocycles. The SMILES string of the molecule is CC(C)(C)OC(=O)n1c(-c2ccc(O)c3c2C(=O)NC3)cc2cc(CNCc3cccnc3)ccc21. The molecule has 0 saturated carbocycles. The molecule has 3 N–H and O–H groups in total. The van der Waals surface area contributed by atoms with Gasteiger partial charge in [0.1, 0.15) is 11.4 Å². The third-order valence-electron chi connectivity index (χ3n) is 6.04. The van der Waals surface area contributed by atoms with Gasteiger partial charge in [-0.15, -0.1) is 0 Å². The Kier molecular flexibility index (Phi) is 5.97. The summed E-state index contributed by atoms with van der Waals surface area (Å²) in [6.07, 6.45) is 3.04. The van der Waals surface area contributed by atoms with E-state index < -0.39 is 11.7 Å². The first-order valence-corrected chi connectivity index (χ1v) is 11.8. The first-order chi connectivity index (χ1) is 17.2. The van der Waals surface area contributed by atoms with E-state index in [2.05, 4.69) is 15.6 Å². The fourth-order valence-electron chi connectivity index (χ4n) is 4.48. The number of carbonyl (C=O) groups excluding carboxylic acids is 2. The van der Waals surface area contributed by atoms with E-state index in [4.69, 9.17) is 4.74 Å². The van der Waals surface area contributed by atoms with E-state index in [0.717, 1.165) is 16.5 Å². The van der Waals surface area contributed by atoms with Gasteiger partial charge in [-0.2, -0.15) is 0 Å². The number of aromatic hydroxyl groups is 1. The van der Waals surface area contributed by atoms with Gasteiger partial charge in [0.25, 0.3) is 5.91 Å². The second-order valence-corrected chi connectivity index (χ2v) is 9.87. The number of rotatable bonds is 5. The minimum atomic E-state index is -0.699. The molecule has 1 aliphatic heterocycles. The van der Waals surface area contributed by atoms with E-state index in [1.165, 1.54) is 4.57 Å². The predicted molar refractivity (Wildman–Crippen MR) is 137 cm³/mol. The van der Waals surface area contributed by atoms with Crippen molar-refractivity contribution in [1.82, 2.24) is 20.2 Å². The molecule has 4 aromatic rings. The summed E-state index contributed by atoms with van der Waals surface area (Å²) < 4.78 is 7.23. The van der Waals surface area contributed by atoms with Gasteiger partial charge in [0, 0.05) is 48.5 Å². The topological polar surface area (TPSA) is 105 Å². The quantitative estimate of drug-likeness (QED) is 0.378. The summed E-state index contributed by atoms with van der Waals surface area (Å²) >= 11 is 0. The monoisotopic (exact) mass is 484 g/mol. The summed E-state index contributed by atoms with van der Waals surface area (Å²) in [6, 6.07) is 14.9. The zero-order valence-corrected chi connectivity index (χ0v) is 20.5. The summed E-state index contributed by atoms with van der Waals surface area (Å²) in [5.41, 5.74) is 4.12. The number of phenolic OH excluding ortho intramolecular Hbond substituents is 1. The first kappa shape index (κ1) is 23.6. The lowest BCUT2D eigenvalue weighted by Crippen LogP contribution is -2.27. The molecule has 0 bridgehead atoms. The molecule has 0 saturated heterocycles. The van der Waals surface area contributed by atoms with Crippen LogP contribution in [-0.4, -0.2) is 32.3 Å². The number of hydrogen-bond acceptors (Lipinski definition) is 6. The maximum atomic E-state index is 13.4. The number of benzene rings is 2. The molecule has 0 radical (unpaired) electrons. The number of phenols is 1. The highest BCUT2D eigenvalue weighted by Crippen LogP contribution is 2.37. The second-order valence-electron chi connectivity index (χ2n) is 9.87. The van der Waals surface area contributed by atoms with Crippen LogP contribution < -0.4 is 10.6 Å². The van der Waals surface area contributed by atoms with E-state index >= 15 is 0 Å². The lowest BCUT2D eigenvalue weighted by atomic mass is 9.99. The molecule has 0 unspecified atom stereocenters. The van der Waals surface area contributed by atoms with Crippen LogP contribution in [0.3, 0.4) is 0 Å². The van der Waals surface area contributed by atoms with Crippen molar-refractivity contribution < 1.29 is 19.4 Å². The molecule has 1 aliphatic rings. The van der Waals surface area contributed by atoms with Crippen LogP contribution >= 0.6 is 0 Å². The number of ether oxygens (including phenoxy) is 1.